The van der Waals surface area contributed by atoms with Gasteiger partial charge in [0.1, 0.15) is 5.82 Å². The Morgan fingerprint density at radius 1 is 1.33 bits per heavy atom. The molecule has 3 heterocycles. The second kappa shape index (κ2) is 8.63. The highest BCUT2D eigenvalue weighted by molar-refractivity contribution is 7.99. The standard InChI is InChI=1S/C20H23FN2O2S2/c21-14-5-6-19-17(11-14)18(7-10-27-19)22-20(24)23(12-15-3-1-8-25-15)13-16-4-2-9-26-16/h2,4-6,9,11,15,18H,1,3,7-8,10,12-13H2,(H,22,24). The molecule has 7 heteroatoms. The number of fused-ring (bicyclic) bond motifs is 1. The van der Waals surface area contributed by atoms with Crippen LogP contribution < -0.4 is 5.32 Å². The van der Waals surface area contributed by atoms with Crippen LogP contribution in [0, 0.1) is 5.82 Å². The molecule has 1 aromatic carbocycles. The van der Waals surface area contributed by atoms with Crippen molar-refractivity contribution in [2.45, 2.75) is 42.8 Å². The van der Waals surface area contributed by atoms with E-state index in [0.29, 0.717) is 13.1 Å². The molecule has 0 saturated carbocycles. The van der Waals surface area contributed by atoms with E-state index in [9.17, 15) is 9.18 Å². The van der Waals surface area contributed by atoms with Crippen molar-refractivity contribution in [1.82, 2.24) is 10.2 Å². The van der Waals surface area contributed by atoms with Gasteiger partial charge in [-0.1, -0.05) is 6.07 Å². The SMILES string of the molecule is O=C(NC1CCSc2ccc(F)cc21)N(Cc1cccs1)CC1CCCO1. The van der Waals surface area contributed by atoms with Crippen LogP contribution in [0.5, 0.6) is 0 Å². The van der Waals surface area contributed by atoms with Gasteiger partial charge in [0.15, 0.2) is 0 Å². The lowest BCUT2D eigenvalue weighted by Crippen LogP contribution is -2.45. The van der Waals surface area contributed by atoms with Crippen LogP contribution in [0.1, 0.15) is 35.7 Å². The molecule has 4 rings (SSSR count). The van der Waals surface area contributed by atoms with E-state index in [4.69, 9.17) is 4.74 Å². The van der Waals surface area contributed by atoms with Crippen molar-refractivity contribution < 1.29 is 13.9 Å². The Hall–Kier alpha value is -1.57. The van der Waals surface area contributed by atoms with Crippen molar-refractivity contribution in [2.75, 3.05) is 18.9 Å². The zero-order valence-corrected chi connectivity index (χ0v) is 16.7. The summed E-state index contributed by atoms with van der Waals surface area (Å²) < 4.78 is 19.5. The van der Waals surface area contributed by atoms with Gasteiger partial charge < -0.3 is 15.0 Å². The van der Waals surface area contributed by atoms with Gasteiger partial charge in [-0.05, 0) is 54.5 Å². The highest BCUT2D eigenvalue weighted by Gasteiger charge is 2.27. The minimum Gasteiger partial charge on any atom is -0.376 e. The minimum absolute atomic E-state index is 0.0994. The topological polar surface area (TPSA) is 41.6 Å². The molecule has 2 amide bonds. The first kappa shape index (κ1) is 18.8. The summed E-state index contributed by atoms with van der Waals surface area (Å²) in [5, 5.41) is 5.17. The number of carbonyl (C=O) groups is 1. The van der Waals surface area contributed by atoms with E-state index in [1.54, 1.807) is 29.2 Å². The summed E-state index contributed by atoms with van der Waals surface area (Å²) in [6, 6.07) is 8.63. The Morgan fingerprint density at radius 3 is 3.04 bits per heavy atom. The van der Waals surface area contributed by atoms with Gasteiger partial charge in [-0.25, -0.2) is 9.18 Å². The van der Waals surface area contributed by atoms with Crippen molar-refractivity contribution >= 4 is 29.1 Å². The summed E-state index contributed by atoms with van der Waals surface area (Å²) in [7, 11) is 0. The van der Waals surface area contributed by atoms with Gasteiger partial charge in [0.05, 0.1) is 18.7 Å². The number of urea groups is 1. The molecule has 0 bridgehead atoms. The number of halogens is 1. The third kappa shape index (κ3) is 4.65. The lowest BCUT2D eigenvalue weighted by atomic mass is 10.0. The normalized spacial score (nSPS) is 21.7. The largest absolute Gasteiger partial charge is 0.376 e. The fourth-order valence-corrected chi connectivity index (χ4v) is 5.42. The number of amides is 2. The van der Waals surface area contributed by atoms with Crippen LogP contribution in [0.2, 0.25) is 0 Å². The van der Waals surface area contributed by atoms with E-state index in [0.717, 1.165) is 47.0 Å². The Kier molecular flexibility index (Phi) is 6.00. The first-order valence-corrected chi connectivity index (χ1v) is 11.2. The molecule has 2 unspecified atom stereocenters. The number of benzene rings is 1. The van der Waals surface area contributed by atoms with E-state index in [1.807, 2.05) is 28.5 Å². The Balaban J connectivity index is 1.48. The lowest BCUT2D eigenvalue weighted by Gasteiger charge is -2.30. The molecule has 2 aromatic rings. The van der Waals surface area contributed by atoms with Crippen molar-refractivity contribution in [3.8, 4) is 0 Å². The van der Waals surface area contributed by atoms with Crippen molar-refractivity contribution in [1.29, 1.82) is 0 Å². The van der Waals surface area contributed by atoms with Crippen molar-refractivity contribution in [3.63, 3.8) is 0 Å². The molecule has 0 spiro atoms. The summed E-state index contributed by atoms with van der Waals surface area (Å²) in [4.78, 5) is 17.1. The van der Waals surface area contributed by atoms with Crippen molar-refractivity contribution in [3.05, 3.63) is 52.0 Å². The number of ether oxygens (including phenoxy) is 1. The number of nitrogens with zero attached hydrogens (tertiary/aromatic N) is 1. The molecule has 1 saturated heterocycles. The van der Waals surface area contributed by atoms with Crippen molar-refractivity contribution in [2.24, 2.45) is 0 Å². The molecule has 0 aliphatic carbocycles. The minimum atomic E-state index is -0.259. The number of hydrogen-bond donors (Lipinski definition) is 1. The number of thioether (sulfide) groups is 1. The third-order valence-electron chi connectivity index (χ3n) is 4.97. The van der Waals surface area contributed by atoms with Crippen LogP contribution in [-0.4, -0.2) is 35.9 Å². The Morgan fingerprint density at radius 2 is 2.26 bits per heavy atom. The highest BCUT2D eigenvalue weighted by atomic mass is 32.2. The Bertz CT molecular complexity index is 778. The first-order chi connectivity index (χ1) is 13.2. The summed E-state index contributed by atoms with van der Waals surface area (Å²) in [6.45, 7) is 1.92. The molecule has 0 radical (unpaired) electrons. The molecule has 1 N–H and O–H groups in total. The van der Waals surface area contributed by atoms with E-state index in [2.05, 4.69) is 5.32 Å². The monoisotopic (exact) mass is 406 g/mol. The number of hydrogen-bond acceptors (Lipinski definition) is 4. The summed E-state index contributed by atoms with van der Waals surface area (Å²) in [5.41, 5.74) is 0.882. The van der Waals surface area contributed by atoms with E-state index in [-0.39, 0.29) is 24.0 Å². The second-order valence-corrected chi connectivity index (χ2v) is 9.09. The van der Waals surface area contributed by atoms with Gasteiger partial charge >= 0.3 is 6.03 Å². The first-order valence-electron chi connectivity index (χ1n) is 9.31. The molecule has 1 fully saturated rings. The van der Waals surface area contributed by atoms with Crippen LogP contribution in [-0.2, 0) is 11.3 Å². The predicted molar refractivity (Wildman–Crippen MR) is 107 cm³/mol. The maximum absolute atomic E-state index is 13.7. The number of thiophene rings is 1. The number of rotatable bonds is 5. The zero-order chi connectivity index (χ0) is 18.6. The molecule has 2 aliphatic rings. The molecule has 4 nitrogen and oxygen atoms in total. The summed E-state index contributed by atoms with van der Waals surface area (Å²) in [6.07, 6.45) is 2.94. The average Bonchev–Trinajstić information content (AvgIpc) is 3.36. The lowest BCUT2D eigenvalue weighted by molar-refractivity contribution is 0.0790. The van der Waals surface area contributed by atoms with Gasteiger partial charge in [0, 0.05) is 28.7 Å². The maximum atomic E-state index is 13.7. The van der Waals surface area contributed by atoms with Gasteiger partial charge in [-0.3, -0.25) is 0 Å². The summed E-state index contributed by atoms with van der Waals surface area (Å²) >= 11 is 3.36. The van der Waals surface area contributed by atoms with Crippen LogP contribution in [0.25, 0.3) is 0 Å². The van der Waals surface area contributed by atoms with E-state index < -0.39 is 0 Å². The van der Waals surface area contributed by atoms with Crippen LogP contribution in [0.15, 0.2) is 40.6 Å². The van der Waals surface area contributed by atoms with E-state index >= 15 is 0 Å². The molecule has 2 aliphatic heterocycles. The van der Waals surface area contributed by atoms with Gasteiger partial charge in [-0.15, -0.1) is 23.1 Å². The maximum Gasteiger partial charge on any atom is 0.318 e. The van der Waals surface area contributed by atoms with Crippen LogP contribution in [0.4, 0.5) is 9.18 Å². The molecular formula is C20H23FN2O2S2. The average molecular weight is 407 g/mol. The highest BCUT2D eigenvalue weighted by Crippen LogP contribution is 2.36. The predicted octanol–water partition coefficient (Wildman–Crippen LogP) is 4.81. The van der Waals surface area contributed by atoms with E-state index in [1.165, 1.54) is 6.07 Å². The quantitative estimate of drug-likeness (QED) is 0.774. The van der Waals surface area contributed by atoms with Gasteiger partial charge in [-0.2, -0.15) is 0 Å². The Labute approximate surface area is 167 Å². The van der Waals surface area contributed by atoms with Crippen LogP contribution in [0.3, 0.4) is 0 Å². The number of carbonyl (C=O) groups excluding carboxylic acids is 1. The van der Waals surface area contributed by atoms with Crippen LogP contribution >= 0.6 is 23.1 Å². The second-order valence-electron chi connectivity index (χ2n) is 6.92. The third-order valence-corrected chi connectivity index (χ3v) is 6.95. The van der Waals surface area contributed by atoms with Gasteiger partial charge in [0.2, 0.25) is 0 Å². The fourth-order valence-electron chi connectivity index (χ4n) is 3.60. The zero-order valence-electron chi connectivity index (χ0n) is 15.0. The summed E-state index contributed by atoms with van der Waals surface area (Å²) in [5.74, 6) is 0.658. The number of nitrogens with one attached hydrogen (secondary N) is 1. The molecular weight excluding hydrogens is 383 g/mol. The molecule has 144 valence electrons. The molecule has 2 atom stereocenters. The molecule has 1 aromatic heterocycles. The molecule has 27 heavy (non-hydrogen) atoms. The van der Waals surface area contributed by atoms with Gasteiger partial charge in [0.25, 0.3) is 0 Å². The fraction of sp³-hybridized carbons (Fsp3) is 0.450. The smallest absolute Gasteiger partial charge is 0.318 e.